The van der Waals surface area contributed by atoms with Gasteiger partial charge in [0.1, 0.15) is 5.75 Å². The molecule has 0 spiro atoms. The van der Waals surface area contributed by atoms with Crippen molar-refractivity contribution in [3.05, 3.63) is 62.5 Å². The molecule has 0 unspecified atom stereocenters. The van der Waals surface area contributed by atoms with E-state index in [1.54, 1.807) is 24.3 Å². The number of hydrogen-bond donors (Lipinski definition) is 2. The van der Waals surface area contributed by atoms with Crippen LogP contribution in [0.4, 0.5) is 5.69 Å². The number of amidine groups is 1. The van der Waals surface area contributed by atoms with Gasteiger partial charge in [-0.3, -0.25) is 4.79 Å². The van der Waals surface area contributed by atoms with E-state index >= 15 is 0 Å². The Balaban J connectivity index is 1.87. The van der Waals surface area contributed by atoms with E-state index in [-0.39, 0.29) is 11.7 Å². The molecule has 1 aliphatic rings. The third kappa shape index (κ3) is 3.71. The molecule has 1 amide bonds. The summed E-state index contributed by atoms with van der Waals surface area (Å²) in [4.78, 5) is 17.2. The molecule has 0 atom stereocenters. The number of nitrogens with one attached hydrogen (secondary N) is 1. The number of carbonyl (C=O) groups excluding carboxylic acids is 1. The standard InChI is InChI=1S/C18H15BrN2O2S/c1-10-6-13(7-11(2)16(10)19)20-18-21-17(23)15(24-18)9-12-4-3-5-14(22)8-12/h3-9,22H,1-2H3,(H,20,21,23)/b15-9-. The summed E-state index contributed by atoms with van der Waals surface area (Å²) in [5, 5.41) is 12.8. The lowest BCUT2D eigenvalue weighted by atomic mass is 10.1. The van der Waals surface area contributed by atoms with Gasteiger partial charge < -0.3 is 10.4 Å². The Morgan fingerprint density at radius 3 is 2.58 bits per heavy atom. The van der Waals surface area contributed by atoms with E-state index < -0.39 is 0 Å². The molecule has 122 valence electrons. The summed E-state index contributed by atoms with van der Waals surface area (Å²) in [6.45, 7) is 4.02. The lowest BCUT2D eigenvalue weighted by Gasteiger charge is -2.04. The number of aliphatic imine (C=N–C) groups is 1. The number of phenolic OH excluding ortho intramolecular Hbond substituents is 1. The van der Waals surface area contributed by atoms with Crippen LogP contribution in [0.25, 0.3) is 6.08 Å². The van der Waals surface area contributed by atoms with Gasteiger partial charge in [-0.15, -0.1) is 0 Å². The van der Waals surface area contributed by atoms with E-state index in [2.05, 4.69) is 26.2 Å². The van der Waals surface area contributed by atoms with Crippen LogP contribution in [-0.4, -0.2) is 16.2 Å². The Morgan fingerprint density at radius 1 is 1.21 bits per heavy atom. The molecule has 0 bridgehead atoms. The van der Waals surface area contributed by atoms with Crippen LogP contribution < -0.4 is 5.32 Å². The van der Waals surface area contributed by atoms with E-state index in [0.29, 0.717) is 10.1 Å². The largest absolute Gasteiger partial charge is 0.508 e. The van der Waals surface area contributed by atoms with Crippen molar-refractivity contribution in [1.29, 1.82) is 0 Å². The number of hydrogen-bond acceptors (Lipinski definition) is 4. The Kier molecular flexibility index (Phi) is 4.78. The molecule has 2 aromatic carbocycles. The predicted molar refractivity (Wildman–Crippen MR) is 103 cm³/mol. The van der Waals surface area contributed by atoms with Gasteiger partial charge in [-0.25, -0.2) is 4.99 Å². The van der Waals surface area contributed by atoms with Crippen molar-refractivity contribution < 1.29 is 9.90 Å². The number of aryl methyl sites for hydroxylation is 2. The first-order valence-electron chi connectivity index (χ1n) is 7.28. The first kappa shape index (κ1) is 16.8. The molecule has 1 saturated heterocycles. The fourth-order valence-corrected chi connectivity index (χ4v) is 3.42. The molecule has 24 heavy (non-hydrogen) atoms. The highest BCUT2D eigenvalue weighted by molar-refractivity contribution is 9.10. The maximum Gasteiger partial charge on any atom is 0.264 e. The number of amides is 1. The number of carbonyl (C=O) groups is 1. The third-order valence-electron chi connectivity index (χ3n) is 3.47. The van der Waals surface area contributed by atoms with Crippen molar-refractivity contribution in [2.75, 3.05) is 0 Å². The topological polar surface area (TPSA) is 61.7 Å². The van der Waals surface area contributed by atoms with E-state index in [4.69, 9.17) is 0 Å². The van der Waals surface area contributed by atoms with Gasteiger partial charge in [-0.1, -0.05) is 28.1 Å². The van der Waals surface area contributed by atoms with Crippen molar-refractivity contribution in [2.45, 2.75) is 13.8 Å². The Labute approximate surface area is 152 Å². The average Bonchev–Trinajstić information content (AvgIpc) is 2.84. The highest BCUT2D eigenvalue weighted by atomic mass is 79.9. The molecule has 2 aromatic rings. The van der Waals surface area contributed by atoms with Gasteiger partial charge >= 0.3 is 0 Å². The van der Waals surface area contributed by atoms with Gasteiger partial charge in [-0.05, 0) is 72.6 Å². The summed E-state index contributed by atoms with van der Waals surface area (Å²) in [5.41, 5.74) is 3.76. The van der Waals surface area contributed by atoms with Gasteiger partial charge in [0.25, 0.3) is 5.91 Å². The number of rotatable bonds is 2. The van der Waals surface area contributed by atoms with Crippen LogP contribution in [0.5, 0.6) is 5.75 Å². The molecule has 0 aromatic heterocycles. The smallest absolute Gasteiger partial charge is 0.264 e. The van der Waals surface area contributed by atoms with Crippen LogP contribution in [0.3, 0.4) is 0 Å². The molecule has 0 aliphatic carbocycles. The lowest BCUT2D eigenvalue weighted by molar-refractivity contribution is -0.115. The monoisotopic (exact) mass is 402 g/mol. The second-order valence-corrected chi connectivity index (χ2v) is 7.29. The first-order valence-corrected chi connectivity index (χ1v) is 8.89. The molecular weight excluding hydrogens is 388 g/mol. The summed E-state index contributed by atoms with van der Waals surface area (Å²) in [7, 11) is 0. The van der Waals surface area contributed by atoms with Crippen LogP contribution in [0.2, 0.25) is 0 Å². The minimum absolute atomic E-state index is 0.169. The zero-order valence-corrected chi connectivity index (χ0v) is 15.5. The fourth-order valence-electron chi connectivity index (χ4n) is 2.35. The fraction of sp³-hybridized carbons (Fsp3) is 0.111. The summed E-state index contributed by atoms with van der Waals surface area (Å²) in [6.07, 6.45) is 1.74. The average molecular weight is 403 g/mol. The van der Waals surface area contributed by atoms with E-state index in [1.807, 2.05) is 32.0 Å². The van der Waals surface area contributed by atoms with Gasteiger partial charge in [0.05, 0.1) is 10.6 Å². The van der Waals surface area contributed by atoms with Gasteiger partial charge in [-0.2, -0.15) is 0 Å². The Hall–Kier alpha value is -2.05. The van der Waals surface area contributed by atoms with Crippen LogP contribution in [-0.2, 0) is 4.79 Å². The van der Waals surface area contributed by atoms with Crippen molar-refractivity contribution >= 4 is 50.5 Å². The number of benzene rings is 2. The maximum absolute atomic E-state index is 12.1. The summed E-state index contributed by atoms with van der Waals surface area (Å²) in [5.74, 6) is -0.0184. The molecule has 3 rings (SSSR count). The molecule has 4 nitrogen and oxygen atoms in total. The van der Waals surface area contributed by atoms with Crippen molar-refractivity contribution in [3.63, 3.8) is 0 Å². The second-order valence-electron chi connectivity index (χ2n) is 5.47. The highest BCUT2D eigenvalue weighted by Crippen LogP contribution is 2.31. The van der Waals surface area contributed by atoms with Crippen molar-refractivity contribution in [1.82, 2.24) is 5.32 Å². The quantitative estimate of drug-likeness (QED) is 0.717. The Morgan fingerprint density at radius 2 is 1.92 bits per heavy atom. The summed E-state index contributed by atoms with van der Waals surface area (Å²) >= 11 is 4.82. The first-order chi connectivity index (χ1) is 11.4. The molecule has 0 saturated carbocycles. The molecule has 6 heteroatoms. The van der Waals surface area contributed by atoms with Crippen molar-refractivity contribution in [3.8, 4) is 5.75 Å². The van der Waals surface area contributed by atoms with E-state index in [9.17, 15) is 9.90 Å². The minimum atomic E-state index is -0.187. The molecule has 2 N–H and O–H groups in total. The van der Waals surface area contributed by atoms with Crippen LogP contribution in [0.15, 0.2) is 50.8 Å². The van der Waals surface area contributed by atoms with Crippen LogP contribution in [0.1, 0.15) is 16.7 Å². The normalized spacial score (nSPS) is 17.5. The van der Waals surface area contributed by atoms with E-state index in [0.717, 1.165) is 26.9 Å². The molecule has 1 heterocycles. The zero-order valence-electron chi connectivity index (χ0n) is 13.1. The van der Waals surface area contributed by atoms with Gasteiger partial charge in [0.15, 0.2) is 5.17 Å². The second kappa shape index (κ2) is 6.83. The number of aromatic hydroxyl groups is 1. The lowest BCUT2D eigenvalue weighted by Crippen LogP contribution is -2.19. The molecular formula is C18H15BrN2O2S. The third-order valence-corrected chi connectivity index (χ3v) is 5.63. The highest BCUT2D eigenvalue weighted by Gasteiger charge is 2.23. The SMILES string of the molecule is Cc1cc(N=C2NC(=O)/C(=C/c3cccc(O)c3)S2)cc(C)c1Br. The summed E-state index contributed by atoms with van der Waals surface area (Å²) < 4.78 is 1.07. The molecule has 0 radical (unpaired) electrons. The maximum atomic E-state index is 12.1. The van der Waals surface area contributed by atoms with Gasteiger partial charge in [0.2, 0.25) is 0 Å². The van der Waals surface area contributed by atoms with Crippen LogP contribution >= 0.6 is 27.7 Å². The van der Waals surface area contributed by atoms with E-state index in [1.165, 1.54) is 11.8 Å². The number of phenols is 1. The number of thioether (sulfide) groups is 1. The number of nitrogens with zero attached hydrogens (tertiary/aromatic N) is 1. The molecule has 1 aliphatic heterocycles. The van der Waals surface area contributed by atoms with Gasteiger partial charge in [0, 0.05) is 4.47 Å². The van der Waals surface area contributed by atoms with Crippen molar-refractivity contribution in [2.24, 2.45) is 4.99 Å². The minimum Gasteiger partial charge on any atom is -0.508 e. The predicted octanol–water partition coefficient (Wildman–Crippen LogP) is 4.66. The number of halogens is 1. The zero-order chi connectivity index (χ0) is 17.3. The molecule has 1 fully saturated rings. The van der Waals surface area contributed by atoms with Crippen LogP contribution in [0, 0.1) is 13.8 Å². The Bertz CT molecular complexity index is 867. The summed E-state index contributed by atoms with van der Waals surface area (Å²) in [6, 6.07) is 10.7.